The van der Waals surface area contributed by atoms with Gasteiger partial charge in [-0.2, -0.15) is 18.4 Å². The summed E-state index contributed by atoms with van der Waals surface area (Å²) < 4.78 is 69.3. The van der Waals surface area contributed by atoms with Crippen molar-refractivity contribution < 1.29 is 31.5 Å². The Morgan fingerprint density at radius 2 is 1.87 bits per heavy atom. The van der Waals surface area contributed by atoms with Crippen molar-refractivity contribution in [1.82, 2.24) is 9.55 Å². The Labute approximate surface area is 221 Å². The minimum Gasteiger partial charge on any atom is -0.324 e. The van der Waals surface area contributed by atoms with Gasteiger partial charge in [0.1, 0.15) is 17.7 Å². The summed E-state index contributed by atoms with van der Waals surface area (Å²) >= 11 is 6.13. The number of imidazole rings is 1. The lowest BCUT2D eigenvalue weighted by Gasteiger charge is -2.24. The number of aromatic nitrogens is 2. The van der Waals surface area contributed by atoms with Gasteiger partial charge in [-0.3, -0.25) is 9.59 Å². The predicted molar refractivity (Wildman–Crippen MR) is 130 cm³/mol. The fraction of sp³-hybridized carbons (Fsp3) is 0.0769. The van der Waals surface area contributed by atoms with Crippen LogP contribution in [0.5, 0.6) is 0 Å². The Hall–Kier alpha value is -4.76. The zero-order valence-electron chi connectivity index (χ0n) is 19.3. The number of ketones is 1. The lowest BCUT2D eigenvalue weighted by Crippen LogP contribution is -2.21. The molecule has 0 fully saturated rings. The predicted octanol–water partition coefficient (Wildman–Crippen LogP) is 6.29. The van der Waals surface area contributed by atoms with Gasteiger partial charge in [0.25, 0.3) is 5.91 Å². The molecule has 0 radical (unpaired) electrons. The standard InChI is InChI=1S/C26H13ClF5N5O2/c27-19-2-1-15(28)9-17(19)23(38)21-18(10-33)22-13(11-37-4-3-34-25(37)36-22)7-20(21)35-24(39)12-5-14(26(30,31)32)8-16(29)6-12/h1-9H,11H2,(H,34,36)(H,35,39). The molecule has 1 aliphatic heterocycles. The summed E-state index contributed by atoms with van der Waals surface area (Å²) in [5, 5.41) is 15.2. The second-order valence-electron chi connectivity index (χ2n) is 8.46. The second-order valence-corrected chi connectivity index (χ2v) is 8.86. The third-order valence-corrected chi connectivity index (χ3v) is 6.28. The Bertz CT molecular complexity index is 1730. The van der Waals surface area contributed by atoms with Crippen LogP contribution in [0, 0.1) is 23.0 Å². The molecule has 0 unspecified atom stereocenters. The first-order valence-electron chi connectivity index (χ1n) is 11.0. The number of carbonyl (C=O) groups excluding carboxylic acids is 2. The van der Waals surface area contributed by atoms with E-state index in [1.165, 1.54) is 12.3 Å². The molecule has 3 aromatic carbocycles. The van der Waals surface area contributed by atoms with Gasteiger partial charge >= 0.3 is 6.18 Å². The molecule has 2 N–H and O–H groups in total. The maximum Gasteiger partial charge on any atom is 0.416 e. The second kappa shape index (κ2) is 9.52. The van der Waals surface area contributed by atoms with Crippen molar-refractivity contribution in [2.75, 3.05) is 10.6 Å². The Kier molecular flexibility index (Phi) is 6.32. The van der Waals surface area contributed by atoms with Crippen molar-refractivity contribution in [3.05, 3.63) is 105 Å². The van der Waals surface area contributed by atoms with E-state index in [0.717, 1.165) is 18.2 Å². The van der Waals surface area contributed by atoms with Crippen LogP contribution >= 0.6 is 11.6 Å². The zero-order valence-corrected chi connectivity index (χ0v) is 20.1. The summed E-state index contributed by atoms with van der Waals surface area (Å²) in [6, 6.07) is 7.52. The monoisotopic (exact) mass is 557 g/mol. The summed E-state index contributed by atoms with van der Waals surface area (Å²) in [4.78, 5) is 30.8. The molecule has 196 valence electrons. The Balaban J connectivity index is 1.67. The Morgan fingerprint density at radius 1 is 1.10 bits per heavy atom. The summed E-state index contributed by atoms with van der Waals surface area (Å²) in [6.07, 6.45) is -1.81. The number of amides is 1. The highest BCUT2D eigenvalue weighted by Gasteiger charge is 2.33. The van der Waals surface area contributed by atoms with E-state index in [9.17, 15) is 36.8 Å². The van der Waals surface area contributed by atoms with E-state index in [1.54, 1.807) is 10.8 Å². The quantitative estimate of drug-likeness (QED) is 0.200. The van der Waals surface area contributed by atoms with Gasteiger partial charge in [0.2, 0.25) is 5.95 Å². The molecule has 4 aromatic rings. The van der Waals surface area contributed by atoms with E-state index < -0.39 is 46.2 Å². The average molecular weight is 558 g/mol. The molecular weight excluding hydrogens is 545 g/mol. The first-order valence-corrected chi connectivity index (χ1v) is 11.4. The number of nitriles is 1. The maximum atomic E-state index is 14.0. The van der Waals surface area contributed by atoms with E-state index >= 15 is 0 Å². The van der Waals surface area contributed by atoms with Gasteiger partial charge in [0.15, 0.2) is 5.78 Å². The van der Waals surface area contributed by atoms with Gasteiger partial charge in [-0.1, -0.05) is 11.6 Å². The molecule has 1 aliphatic rings. The number of anilines is 3. The van der Waals surface area contributed by atoms with Crippen LogP contribution in [0.1, 0.15) is 43.0 Å². The lowest BCUT2D eigenvalue weighted by atomic mass is 9.92. The molecule has 0 atom stereocenters. The summed E-state index contributed by atoms with van der Waals surface area (Å²) in [7, 11) is 0. The number of halogens is 6. The van der Waals surface area contributed by atoms with E-state index in [-0.39, 0.29) is 40.1 Å². The van der Waals surface area contributed by atoms with Crippen LogP contribution in [-0.4, -0.2) is 21.2 Å². The molecule has 2 heterocycles. The van der Waals surface area contributed by atoms with Gasteiger partial charge in [0.05, 0.1) is 39.6 Å². The van der Waals surface area contributed by atoms with Crippen LogP contribution in [0.2, 0.25) is 5.02 Å². The van der Waals surface area contributed by atoms with E-state index in [4.69, 9.17) is 11.6 Å². The van der Waals surface area contributed by atoms with Crippen LogP contribution in [0.3, 0.4) is 0 Å². The lowest BCUT2D eigenvalue weighted by molar-refractivity contribution is -0.137. The van der Waals surface area contributed by atoms with Gasteiger partial charge in [-0.25, -0.2) is 13.8 Å². The molecule has 0 spiro atoms. The Morgan fingerprint density at radius 3 is 2.59 bits per heavy atom. The number of hydrogen-bond acceptors (Lipinski definition) is 5. The number of hydrogen-bond donors (Lipinski definition) is 2. The highest BCUT2D eigenvalue weighted by atomic mass is 35.5. The van der Waals surface area contributed by atoms with Crippen LogP contribution < -0.4 is 10.6 Å². The van der Waals surface area contributed by atoms with Crippen LogP contribution in [0.4, 0.5) is 39.3 Å². The molecule has 1 amide bonds. The SMILES string of the molecule is N#Cc1c2c(cc(NC(=O)c3cc(F)cc(C(F)(F)F)c3)c1C(=O)c1cc(F)ccc1Cl)Cn1ccnc1N2. The molecule has 1 aromatic heterocycles. The molecular formula is C26H13ClF5N5O2. The van der Waals surface area contributed by atoms with Gasteiger partial charge in [0, 0.05) is 23.5 Å². The smallest absolute Gasteiger partial charge is 0.324 e. The molecule has 13 heteroatoms. The highest BCUT2D eigenvalue weighted by molar-refractivity contribution is 6.35. The minimum absolute atomic E-state index is 0.149. The van der Waals surface area contributed by atoms with Crippen LogP contribution in [-0.2, 0) is 12.7 Å². The molecule has 39 heavy (non-hydrogen) atoms. The zero-order chi connectivity index (χ0) is 28.1. The van der Waals surface area contributed by atoms with Crippen molar-refractivity contribution in [3.8, 4) is 6.07 Å². The number of alkyl halides is 3. The van der Waals surface area contributed by atoms with Crippen molar-refractivity contribution in [1.29, 1.82) is 5.26 Å². The largest absolute Gasteiger partial charge is 0.416 e. The highest BCUT2D eigenvalue weighted by Crippen LogP contribution is 2.39. The van der Waals surface area contributed by atoms with Crippen LogP contribution in [0.15, 0.2) is 54.9 Å². The topological polar surface area (TPSA) is 99.8 Å². The third kappa shape index (κ3) is 4.80. The van der Waals surface area contributed by atoms with Gasteiger partial charge in [-0.05, 0) is 48.0 Å². The van der Waals surface area contributed by atoms with Gasteiger partial charge < -0.3 is 15.2 Å². The van der Waals surface area contributed by atoms with Crippen molar-refractivity contribution in [2.24, 2.45) is 0 Å². The van der Waals surface area contributed by atoms with Crippen molar-refractivity contribution in [2.45, 2.75) is 12.7 Å². The van der Waals surface area contributed by atoms with Gasteiger partial charge in [-0.15, -0.1) is 0 Å². The van der Waals surface area contributed by atoms with E-state index in [0.29, 0.717) is 23.6 Å². The molecule has 0 aliphatic carbocycles. The molecule has 0 saturated carbocycles. The average Bonchev–Trinajstić information content (AvgIpc) is 3.34. The van der Waals surface area contributed by atoms with Crippen molar-refractivity contribution in [3.63, 3.8) is 0 Å². The summed E-state index contributed by atoms with van der Waals surface area (Å²) in [5.74, 6) is -3.88. The number of nitrogens with one attached hydrogen (secondary N) is 2. The number of fused-ring (bicyclic) bond motifs is 2. The summed E-state index contributed by atoms with van der Waals surface area (Å²) in [5.41, 5.74) is -2.73. The number of carbonyl (C=O) groups is 2. The normalized spacial score (nSPS) is 12.1. The fourth-order valence-electron chi connectivity index (χ4n) is 4.19. The molecule has 5 rings (SSSR count). The van der Waals surface area contributed by atoms with Crippen molar-refractivity contribution >= 4 is 40.6 Å². The molecule has 0 bridgehead atoms. The first kappa shape index (κ1) is 25.9. The van der Waals surface area contributed by atoms with E-state index in [2.05, 4.69) is 15.6 Å². The summed E-state index contributed by atoms with van der Waals surface area (Å²) in [6.45, 7) is 0.155. The molecule has 7 nitrogen and oxygen atoms in total. The first-order chi connectivity index (χ1) is 18.5. The fourth-order valence-corrected chi connectivity index (χ4v) is 4.40. The minimum atomic E-state index is -4.93. The number of rotatable bonds is 4. The maximum absolute atomic E-state index is 14.0. The number of nitrogens with zero attached hydrogens (tertiary/aromatic N) is 3. The van der Waals surface area contributed by atoms with Crippen LogP contribution in [0.25, 0.3) is 0 Å². The number of benzene rings is 3. The molecule has 0 saturated heterocycles. The third-order valence-electron chi connectivity index (χ3n) is 5.95. The van der Waals surface area contributed by atoms with E-state index in [1.807, 2.05) is 6.07 Å².